The van der Waals surface area contributed by atoms with Crippen LogP contribution in [-0.2, 0) is 6.42 Å². The Morgan fingerprint density at radius 3 is 2.89 bits per heavy atom. The molecule has 0 saturated carbocycles. The normalized spacial score (nSPS) is 10.6. The van der Waals surface area contributed by atoms with Crippen molar-refractivity contribution in [3.63, 3.8) is 0 Å². The summed E-state index contributed by atoms with van der Waals surface area (Å²) < 4.78 is 18.6. The van der Waals surface area contributed by atoms with Crippen LogP contribution < -0.4 is 5.73 Å². The zero-order valence-corrected chi connectivity index (χ0v) is 11.2. The van der Waals surface area contributed by atoms with Crippen molar-refractivity contribution in [3.05, 3.63) is 35.4 Å². The van der Waals surface area contributed by atoms with Gasteiger partial charge in [-0.2, -0.15) is 4.37 Å². The third-order valence-corrected chi connectivity index (χ3v) is 4.05. The van der Waals surface area contributed by atoms with Crippen LogP contribution in [-0.4, -0.2) is 15.2 Å². The zero-order valence-electron chi connectivity index (χ0n) is 9.61. The highest BCUT2D eigenvalue weighted by atomic mass is 32.2. The van der Waals surface area contributed by atoms with Gasteiger partial charge in [-0.1, -0.05) is 18.7 Å². The largest absolute Gasteiger partial charge is 0.384 e. The average Bonchev–Trinajstić information content (AvgIpc) is 2.79. The molecule has 0 saturated heterocycles. The molecular weight excluding hydrogens is 271 g/mol. The van der Waals surface area contributed by atoms with Gasteiger partial charge < -0.3 is 5.73 Å². The zero-order chi connectivity index (χ0) is 13.1. The molecule has 4 nitrogen and oxygen atoms in total. The van der Waals surface area contributed by atoms with Gasteiger partial charge in [0.2, 0.25) is 0 Å². The first kappa shape index (κ1) is 13.0. The second kappa shape index (κ2) is 5.45. The van der Waals surface area contributed by atoms with Gasteiger partial charge in [0.05, 0.1) is 4.90 Å². The summed E-state index contributed by atoms with van der Waals surface area (Å²) in [7, 11) is 0. The molecule has 1 aromatic carbocycles. The highest BCUT2D eigenvalue weighted by molar-refractivity contribution is 8.01. The standard InChI is InChI=1S/C11H11FN4S2/c1-2-9-15-11(18-16-9)17-8-4-3-6(10(13)14)5-7(8)12/h3-5H,2H2,1H3,(H3,13,14). The van der Waals surface area contributed by atoms with E-state index in [-0.39, 0.29) is 5.84 Å². The van der Waals surface area contributed by atoms with Crippen molar-refractivity contribution < 1.29 is 4.39 Å². The summed E-state index contributed by atoms with van der Waals surface area (Å²) in [6.45, 7) is 1.97. The number of hydrogen-bond donors (Lipinski definition) is 2. The number of amidine groups is 1. The molecule has 1 aromatic heterocycles. The lowest BCUT2D eigenvalue weighted by molar-refractivity contribution is 0.601. The molecular formula is C11H11FN4S2. The van der Waals surface area contributed by atoms with Crippen LogP contribution in [0.2, 0.25) is 0 Å². The van der Waals surface area contributed by atoms with Crippen LogP contribution in [0.15, 0.2) is 27.4 Å². The van der Waals surface area contributed by atoms with Gasteiger partial charge in [-0.3, -0.25) is 5.41 Å². The molecule has 0 fully saturated rings. The number of nitrogens with zero attached hydrogens (tertiary/aromatic N) is 2. The second-order valence-electron chi connectivity index (χ2n) is 3.49. The number of nitrogen functional groups attached to an aromatic ring is 1. The number of hydrogen-bond acceptors (Lipinski definition) is 5. The van der Waals surface area contributed by atoms with Crippen LogP contribution in [0.3, 0.4) is 0 Å². The second-order valence-corrected chi connectivity index (χ2v) is 5.53. The molecule has 2 aromatic rings. The summed E-state index contributed by atoms with van der Waals surface area (Å²) in [5.41, 5.74) is 5.67. The van der Waals surface area contributed by atoms with Crippen molar-refractivity contribution in [1.29, 1.82) is 5.41 Å². The maximum atomic E-state index is 13.8. The number of rotatable bonds is 4. The molecule has 0 bridgehead atoms. The van der Waals surface area contributed by atoms with Crippen LogP contribution >= 0.6 is 23.3 Å². The summed E-state index contributed by atoms with van der Waals surface area (Å²) in [6.07, 6.45) is 0.767. The Labute approximate surface area is 112 Å². The first-order chi connectivity index (χ1) is 8.60. The van der Waals surface area contributed by atoms with Gasteiger partial charge in [0, 0.05) is 12.0 Å². The van der Waals surface area contributed by atoms with Crippen LogP contribution in [0, 0.1) is 11.2 Å². The summed E-state index contributed by atoms with van der Waals surface area (Å²) in [4.78, 5) is 4.72. The van der Waals surface area contributed by atoms with Gasteiger partial charge in [0.25, 0.3) is 0 Å². The SMILES string of the molecule is CCc1nsc(Sc2ccc(C(=N)N)cc2F)n1. The fraction of sp³-hybridized carbons (Fsp3) is 0.182. The van der Waals surface area contributed by atoms with Crippen molar-refractivity contribution in [3.8, 4) is 0 Å². The van der Waals surface area contributed by atoms with Crippen LogP contribution in [0.5, 0.6) is 0 Å². The lowest BCUT2D eigenvalue weighted by atomic mass is 10.2. The molecule has 0 aliphatic carbocycles. The van der Waals surface area contributed by atoms with Crippen LogP contribution in [0.25, 0.3) is 0 Å². The van der Waals surface area contributed by atoms with E-state index in [1.807, 2.05) is 6.92 Å². The first-order valence-corrected chi connectivity index (χ1v) is 6.83. The molecule has 7 heteroatoms. The molecule has 94 valence electrons. The quantitative estimate of drug-likeness (QED) is 0.667. The highest BCUT2D eigenvalue weighted by Crippen LogP contribution is 2.31. The number of halogens is 1. The summed E-state index contributed by atoms with van der Waals surface area (Å²) in [5.74, 6) is 0.221. The molecule has 18 heavy (non-hydrogen) atoms. The van der Waals surface area contributed by atoms with Crippen LogP contribution in [0.1, 0.15) is 18.3 Å². The minimum Gasteiger partial charge on any atom is -0.384 e. The highest BCUT2D eigenvalue weighted by Gasteiger charge is 2.10. The monoisotopic (exact) mass is 282 g/mol. The van der Waals surface area contributed by atoms with Crippen LogP contribution in [0.4, 0.5) is 4.39 Å². The number of benzene rings is 1. The van der Waals surface area contributed by atoms with E-state index in [1.165, 1.54) is 29.4 Å². The van der Waals surface area contributed by atoms with E-state index >= 15 is 0 Å². The third-order valence-electron chi connectivity index (χ3n) is 2.21. The maximum absolute atomic E-state index is 13.8. The number of aromatic nitrogens is 2. The Morgan fingerprint density at radius 1 is 1.56 bits per heavy atom. The minimum atomic E-state index is -0.402. The molecule has 0 amide bonds. The van der Waals surface area contributed by atoms with Crippen molar-refractivity contribution in [2.75, 3.05) is 0 Å². The predicted octanol–water partition coefficient (Wildman–Crippen LogP) is 2.67. The molecule has 0 atom stereocenters. The molecule has 3 N–H and O–H groups in total. The Morgan fingerprint density at radius 2 is 2.33 bits per heavy atom. The number of aryl methyl sites for hydroxylation is 1. The Bertz CT molecular complexity index is 582. The molecule has 0 aliphatic rings. The molecule has 1 heterocycles. The number of nitrogens with one attached hydrogen (secondary N) is 1. The molecule has 0 spiro atoms. The van der Waals surface area contributed by atoms with E-state index in [0.29, 0.717) is 14.8 Å². The fourth-order valence-corrected chi connectivity index (χ4v) is 2.93. The van der Waals surface area contributed by atoms with E-state index < -0.39 is 5.82 Å². The topological polar surface area (TPSA) is 75.7 Å². The molecule has 0 unspecified atom stereocenters. The molecule has 2 rings (SSSR count). The minimum absolute atomic E-state index is 0.144. The van der Waals surface area contributed by atoms with E-state index in [9.17, 15) is 4.39 Å². The Kier molecular flexibility index (Phi) is 3.93. The van der Waals surface area contributed by atoms with Crippen molar-refractivity contribution in [2.24, 2.45) is 5.73 Å². The maximum Gasteiger partial charge on any atom is 0.174 e. The summed E-state index contributed by atoms with van der Waals surface area (Å²) in [5, 5.41) is 7.24. The van der Waals surface area contributed by atoms with E-state index in [2.05, 4.69) is 9.36 Å². The lowest BCUT2D eigenvalue weighted by Crippen LogP contribution is -2.11. The Hall–Kier alpha value is -1.47. The average molecular weight is 282 g/mol. The van der Waals surface area contributed by atoms with Crippen molar-refractivity contribution in [1.82, 2.24) is 9.36 Å². The molecule has 0 aliphatic heterocycles. The summed E-state index contributed by atoms with van der Waals surface area (Å²) in [6, 6.07) is 4.48. The predicted molar refractivity (Wildman–Crippen MR) is 70.8 cm³/mol. The van der Waals surface area contributed by atoms with Gasteiger partial charge in [-0.05, 0) is 29.7 Å². The number of nitrogens with two attached hydrogens (primary N) is 1. The van der Waals surface area contributed by atoms with Gasteiger partial charge >= 0.3 is 0 Å². The first-order valence-electron chi connectivity index (χ1n) is 5.24. The van der Waals surface area contributed by atoms with Gasteiger partial charge in [-0.15, -0.1) is 0 Å². The van der Waals surface area contributed by atoms with E-state index in [4.69, 9.17) is 11.1 Å². The van der Waals surface area contributed by atoms with Crippen molar-refractivity contribution >= 4 is 29.1 Å². The Balaban J connectivity index is 2.21. The van der Waals surface area contributed by atoms with Crippen molar-refractivity contribution in [2.45, 2.75) is 22.6 Å². The lowest BCUT2D eigenvalue weighted by Gasteiger charge is -2.02. The van der Waals surface area contributed by atoms with E-state index in [1.54, 1.807) is 12.1 Å². The van der Waals surface area contributed by atoms with Gasteiger partial charge in [-0.25, -0.2) is 9.37 Å². The summed E-state index contributed by atoms with van der Waals surface area (Å²) >= 11 is 2.49. The van der Waals surface area contributed by atoms with E-state index in [0.717, 1.165) is 12.2 Å². The molecule has 0 radical (unpaired) electrons. The van der Waals surface area contributed by atoms with Gasteiger partial charge in [0.1, 0.15) is 17.5 Å². The van der Waals surface area contributed by atoms with Gasteiger partial charge in [0.15, 0.2) is 4.34 Å². The fourth-order valence-electron chi connectivity index (χ4n) is 1.27. The third kappa shape index (κ3) is 2.85. The smallest absolute Gasteiger partial charge is 0.174 e.